The number of hydrogen-bond acceptors (Lipinski definition) is 4. The lowest BCUT2D eigenvalue weighted by atomic mass is 10.2. The topological polar surface area (TPSA) is 55.3 Å². The molecule has 2 N–H and O–H groups in total. The average Bonchev–Trinajstić information content (AvgIpc) is 2.42. The van der Waals surface area contributed by atoms with Crippen molar-refractivity contribution < 1.29 is 4.42 Å². The van der Waals surface area contributed by atoms with Gasteiger partial charge >= 0.3 is 0 Å². The summed E-state index contributed by atoms with van der Waals surface area (Å²) in [6.07, 6.45) is 3.74. The van der Waals surface area contributed by atoms with Crippen molar-refractivity contribution in [1.29, 1.82) is 0 Å². The van der Waals surface area contributed by atoms with Crippen molar-refractivity contribution in [2.24, 2.45) is 0 Å². The standard InChI is InChI=1S/C10H15N3O/c1-2-5-13-6-3-8-9(4-7-13)14-10(11)12-8/h2H,1,3-7H2,(H2,11,12). The number of nitrogen functional groups attached to an aromatic ring is 1. The van der Waals surface area contributed by atoms with Crippen molar-refractivity contribution in [3.05, 3.63) is 24.1 Å². The van der Waals surface area contributed by atoms with Gasteiger partial charge in [0.2, 0.25) is 0 Å². The predicted octanol–water partition coefficient (Wildman–Crippen LogP) is 0.843. The Kier molecular flexibility index (Phi) is 2.54. The van der Waals surface area contributed by atoms with Gasteiger partial charge in [-0.2, -0.15) is 4.98 Å². The number of oxazole rings is 1. The molecular formula is C10H15N3O. The molecule has 0 amide bonds. The first-order valence-electron chi connectivity index (χ1n) is 4.87. The van der Waals surface area contributed by atoms with Crippen molar-refractivity contribution in [3.8, 4) is 0 Å². The molecule has 1 aliphatic heterocycles. The molecule has 0 bridgehead atoms. The molecule has 0 fully saturated rings. The summed E-state index contributed by atoms with van der Waals surface area (Å²) in [6, 6.07) is 0.298. The lowest BCUT2D eigenvalue weighted by Crippen LogP contribution is -2.26. The second-order valence-electron chi connectivity index (χ2n) is 3.51. The Bertz CT molecular complexity index is 307. The third-order valence-corrected chi connectivity index (χ3v) is 2.50. The lowest BCUT2D eigenvalue weighted by Gasteiger charge is -2.16. The normalized spacial score (nSPS) is 17.4. The van der Waals surface area contributed by atoms with Crippen molar-refractivity contribution >= 4 is 6.01 Å². The van der Waals surface area contributed by atoms with Crippen LogP contribution in [-0.2, 0) is 12.8 Å². The zero-order valence-corrected chi connectivity index (χ0v) is 8.20. The number of hydrogen-bond donors (Lipinski definition) is 1. The monoisotopic (exact) mass is 193 g/mol. The Morgan fingerprint density at radius 1 is 1.50 bits per heavy atom. The van der Waals surface area contributed by atoms with Gasteiger partial charge in [-0.3, -0.25) is 4.90 Å². The molecule has 4 nitrogen and oxygen atoms in total. The van der Waals surface area contributed by atoms with Crippen LogP contribution < -0.4 is 5.73 Å². The van der Waals surface area contributed by atoms with Crippen LogP contribution in [0.3, 0.4) is 0 Å². The summed E-state index contributed by atoms with van der Waals surface area (Å²) in [6.45, 7) is 6.66. The van der Waals surface area contributed by atoms with Crippen molar-refractivity contribution in [2.75, 3.05) is 25.4 Å². The van der Waals surface area contributed by atoms with Crippen LogP contribution in [0.1, 0.15) is 11.5 Å². The van der Waals surface area contributed by atoms with Crippen molar-refractivity contribution in [1.82, 2.24) is 9.88 Å². The van der Waals surface area contributed by atoms with E-state index in [1.54, 1.807) is 0 Å². The van der Waals surface area contributed by atoms with Crippen LogP contribution in [0.25, 0.3) is 0 Å². The number of fused-ring (bicyclic) bond motifs is 1. The van der Waals surface area contributed by atoms with Gasteiger partial charge < -0.3 is 10.2 Å². The Labute approximate surface area is 83.4 Å². The summed E-state index contributed by atoms with van der Waals surface area (Å²) in [7, 11) is 0. The quantitative estimate of drug-likeness (QED) is 0.707. The molecule has 0 radical (unpaired) electrons. The number of nitrogens with zero attached hydrogens (tertiary/aromatic N) is 2. The zero-order chi connectivity index (χ0) is 9.97. The smallest absolute Gasteiger partial charge is 0.292 e. The van der Waals surface area contributed by atoms with E-state index >= 15 is 0 Å². The van der Waals surface area contributed by atoms with E-state index in [4.69, 9.17) is 10.2 Å². The van der Waals surface area contributed by atoms with Crippen LogP contribution in [0.2, 0.25) is 0 Å². The summed E-state index contributed by atoms with van der Waals surface area (Å²) in [5.74, 6) is 0.953. The fraction of sp³-hybridized carbons (Fsp3) is 0.500. The van der Waals surface area contributed by atoms with Crippen LogP contribution >= 0.6 is 0 Å². The number of nitrogens with two attached hydrogens (primary N) is 1. The van der Waals surface area contributed by atoms with E-state index < -0.39 is 0 Å². The van der Waals surface area contributed by atoms with Crippen LogP contribution in [0.4, 0.5) is 6.01 Å². The van der Waals surface area contributed by atoms with E-state index in [-0.39, 0.29) is 0 Å². The largest absolute Gasteiger partial charge is 0.429 e. The molecule has 0 atom stereocenters. The Hall–Kier alpha value is -1.29. The molecule has 1 aliphatic rings. The van der Waals surface area contributed by atoms with E-state index in [9.17, 15) is 0 Å². The van der Waals surface area contributed by atoms with Gasteiger partial charge in [0.05, 0.1) is 5.69 Å². The van der Waals surface area contributed by atoms with Gasteiger partial charge in [0.25, 0.3) is 6.01 Å². The molecule has 1 aromatic heterocycles. The number of anilines is 1. The summed E-state index contributed by atoms with van der Waals surface area (Å²) < 4.78 is 5.33. The number of rotatable bonds is 2. The minimum absolute atomic E-state index is 0.298. The molecule has 0 saturated heterocycles. The first kappa shape index (κ1) is 9.27. The third-order valence-electron chi connectivity index (χ3n) is 2.50. The molecule has 0 spiro atoms. The molecule has 4 heteroatoms. The van der Waals surface area contributed by atoms with Crippen LogP contribution in [0, 0.1) is 0 Å². The molecule has 2 rings (SSSR count). The lowest BCUT2D eigenvalue weighted by molar-refractivity contribution is 0.312. The van der Waals surface area contributed by atoms with Gasteiger partial charge in [-0.05, 0) is 0 Å². The highest BCUT2D eigenvalue weighted by molar-refractivity contribution is 5.21. The van der Waals surface area contributed by atoms with E-state index in [1.165, 1.54) is 0 Å². The van der Waals surface area contributed by atoms with Crippen LogP contribution in [-0.4, -0.2) is 29.5 Å². The van der Waals surface area contributed by atoms with Gasteiger partial charge in [-0.25, -0.2) is 0 Å². The van der Waals surface area contributed by atoms with Crippen LogP contribution in [0.5, 0.6) is 0 Å². The molecule has 76 valence electrons. The average molecular weight is 193 g/mol. The molecular weight excluding hydrogens is 178 g/mol. The van der Waals surface area contributed by atoms with Gasteiger partial charge in [0.15, 0.2) is 0 Å². The molecule has 2 heterocycles. The first-order valence-corrected chi connectivity index (χ1v) is 4.87. The maximum atomic E-state index is 5.50. The maximum Gasteiger partial charge on any atom is 0.292 e. The van der Waals surface area contributed by atoms with Crippen molar-refractivity contribution in [3.63, 3.8) is 0 Å². The summed E-state index contributed by atoms with van der Waals surface area (Å²) in [5, 5.41) is 0. The number of aromatic nitrogens is 1. The van der Waals surface area contributed by atoms with Gasteiger partial charge in [-0.15, -0.1) is 6.58 Å². The van der Waals surface area contributed by atoms with E-state index in [2.05, 4.69) is 16.5 Å². The van der Waals surface area contributed by atoms with E-state index in [1.807, 2.05) is 6.08 Å². The Morgan fingerprint density at radius 3 is 3.07 bits per heavy atom. The maximum absolute atomic E-state index is 5.50. The van der Waals surface area contributed by atoms with Crippen LogP contribution in [0.15, 0.2) is 17.1 Å². The van der Waals surface area contributed by atoms with E-state index in [0.717, 1.165) is 43.9 Å². The molecule has 0 unspecified atom stereocenters. The summed E-state index contributed by atoms with van der Waals surface area (Å²) in [5.41, 5.74) is 6.52. The second kappa shape index (κ2) is 3.84. The van der Waals surface area contributed by atoms with Crippen molar-refractivity contribution in [2.45, 2.75) is 12.8 Å². The Morgan fingerprint density at radius 2 is 2.29 bits per heavy atom. The SMILES string of the molecule is C=CCN1CCc2nc(N)oc2CC1. The summed E-state index contributed by atoms with van der Waals surface area (Å²) in [4.78, 5) is 6.50. The molecule has 0 aliphatic carbocycles. The third kappa shape index (κ3) is 1.80. The predicted molar refractivity (Wildman–Crippen MR) is 55.0 cm³/mol. The second-order valence-corrected chi connectivity index (χ2v) is 3.51. The van der Waals surface area contributed by atoms with Gasteiger partial charge in [-0.1, -0.05) is 6.08 Å². The van der Waals surface area contributed by atoms with E-state index in [0.29, 0.717) is 6.01 Å². The Balaban J connectivity index is 2.07. The first-order chi connectivity index (χ1) is 6.79. The molecule has 1 aromatic rings. The minimum Gasteiger partial charge on any atom is -0.429 e. The summed E-state index contributed by atoms with van der Waals surface area (Å²) >= 11 is 0. The highest BCUT2D eigenvalue weighted by atomic mass is 16.4. The minimum atomic E-state index is 0.298. The molecule has 0 aromatic carbocycles. The highest BCUT2D eigenvalue weighted by Crippen LogP contribution is 2.17. The van der Waals surface area contributed by atoms with Gasteiger partial charge in [0, 0.05) is 32.5 Å². The fourth-order valence-electron chi connectivity index (χ4n) is 1.79. The molecule has 14 heavy (non-hydrogen) atoms. The molecule has 0 saturated carbocycles. The highest BCUT2D eigenvalue weighted by Gasteiger charge is 2.17. The fourth-order valence-corrected chi connectivity index (χ4v) is 1.79. The van der Waals surface area contributed by atoms with Gasteiger partial charge in [0.1, 0.15) is 5.76 Å². The zero-order valence-electron chi connectivity index (χ0n) is 8.20.